The van der Waals surface area contributed by atoms with Gasteiger partial charge in [0.15, 0.2) is 30.0 Å². The Kier molecular flexibility index (Phi) is 5.17. The van der Waals surface area contributed by atoms with Gasteiger partial charge in [-0.2, -0.15) is 0 Å². The lowest BCUT2D eigenvalue weighted by Crippen LogP contribution is -2.20. The van der Waals surface area contributed by atoms with Gasteiger partial charge in [-0.1, -0.05) is 24.3 Å². The molecule has 1 atom stereocenters. The number of ether oxygens (including phenoxy) is 3. The Morgan fingerprint density at radius 1 is 1.12 bits per heavy atom. The first kappa shape index (κ1) is 17.5. The molecule has 3 rings (SSSR count). The molecule has 7 heteroatoms. The maximum Gasteiger partial charge on any atom is 0.344 e. The molecule has 7 nitrogen and oxygen atoms in total. The van der Waals surface area contributed by atoms with Crippen molar-refractivity contribution >= 4 is 16.9 Å². The standard InChI is InChI=1S/C19H18N2O5/c1-12(18-20-14-8-4-3-7-13(14)19(23)21-18)26-17(22)11-25-16-10-6-5-9-15(16)24-2/h3-10,12H,11H2,1-2H3,(H,20,21,23)/t12-/m0/s1. The molecule has 0 spiro atoms. The maximum atomic E-state index is 12.1. The third-order valence-electron chi connectivity index (χ3n) is 3.74. The minimum Gasteiger partial charge on any atom is -0.493 e. The minimum atomic E-state index is -0.721. The third kappa shape index (κ3) is 3.83. The topological polar surface area (TPSA) is 90.5 Å². The fourth-order valence-corrected chi connectivity index (χ4v) is 2.46. The number of para-hydroxylation sites is 3. The number of nitrogens with one attached hydrogen (secondary N) is 1. The van der Waals surface area contributed by atoms with Gasteiger partial charge in [-0.15, -0.1) is 0 Å². The summed E-state index contributed by atoms with van der Waals surface area (Å²) in [7, 11) is 1.52. The highest BCUT2D eigenvalue weighted by atomic mass is 16.6. The highest BCUT2D eigenvalue weighted by molar-refractivity contribution is 5.77. The maximum absolute atomic E-state index is 12.1. The average Bonchev–Trinajstić information content (AvgIpc) is 2.66. The number of hydrogen-bond donors (Lipinski definition) is 1. The number of aromatic amines is 1. The van der Waals surface area contributed by atoms with Gasteiger partial charge in [-0.3, -0.25) is 4.79 Å². The number of nitrogens with zero attached hydrogens (tertiary/aromatic N) is 1. The zero-order valence-corrected chi connectivity index (χ0v) is 14.4. The number of benzene rings is 2. The lowest BCUT2D eigenvalue weighted by Gasteiger charge is -2.14. The van der Waals surface area contributed by atoms with Crippen LogP contribution in [0, 0.1) is 0 Å². The number of rotatable bonds is 6. The Morgan fingerprint density at radius 3 is 2.58 bits per heavy atom. The van der Waals surface area contributed by atoms with Crippen molar-refractivity contribution in [3.05, 3.63) is 64.7 Å². The van der Waals surface area contributed by atoms with E-state index < -0.39 is 12.1 Å². The predicted octanol–water partition coefficient (Wildman–Crippen LogP) is 2.61. The zero-order valence-electron chi connectivity index (χ0n) is 14.4. The van der Waals surface area contributed by atoms with E-state index in [1.165, 1.54) is 7.11 Å². The predicted molar refractivity (Wildman–Crippen MR) is 95.4 cm³/mol. The Balaban J connectivity index is 1.67. The van der Waals surface area contributed by atoms with Gasteiger partial charge in [0, 0.05) is 0 Å². The Morgan fingerprint density at radius 2 is 1.81 bits per heavy atom. The largest absolute Gasteiger partial charge is 0.493 e. The summed E-state index contributed by atoms with van der Waals surface area (Å²) in [6, 6.07) is 14.0. The third-order valence-corrected chi connectivity index (χ3v) is 3.74. The number of carbonyl (C=O) groups excluding carboxylic acids is 1. The number of esters is 1. The molecule has 1 aromatic heterocycles. The van der Waals surface area contributed by atoms with Gasteiger partial charge in [0.25, 0.3) is 5.56 Å². The summed E-state index contributed by atoms with van der Waals surface area (Å²) in [5, 5.41) is 0.481. The zero-order chi connectivity index (χ0) is 18.5. The van der Waals surface area contributed by atoms with E-state index in [4.69, 9.17) is 14.2 Å². The molecule has 1 N–H and O–H groups in total. The van der Waals surface area contributed by atoms with Gasteiger partial charge in [0.1, 0.15) is 0 Å². The van der Waals surface area contributed by atoms with Crippen LogP contribution in [-0.2, 0) is 9.53 Å². The van der Waals surface area contributed by atoms with E-state index in [2.05, 4.69) is 9.97 Å². The van der Waals surface area contributed by atoms with Crippen molar-refractivity contribution in [1.29, 1.82) is 0 Å². The molecule has 0 unspecified atom stereocenters. The van der Waals surface area contributed by atoms with Crippen LogP contribution in [0.1, 0.15) is 18.9 Å². The molecule has 1 heterocycles. The molecule has 0 amide bonds. The summed E-state index contributed by atoms with van der Waals surface area (Å²) in [5.74, 6) is 0.657. The molecule has 26 heavy (non-hydrogen) atoms. The van der Waals surface area contributed by atoms with Gasteiger partial charge < -0.3 is 19.2 Å². The summed E-state index contributed by atoms with van der Waals surface area (Å²) in [5.41, 5.74) is 0.262. The first-order valence-corrected chi connectivity index (χ1v) is 8.02. The van der Waals surface area contributed by atoms with Gasteiger partial charge >= 0.3 is 5.97 Å². The van der Waals surface area contributed by atoms with E-state index >= 15 is 0 Å². The average molecular weight is 354 g/mol. The van der Waals surface area contributed by atoms with E-state index in [-0.39, 0.29) is 18.0 Å². The van der Waals surface area contributed by atoms with Crippen molar-refractivity contribution < 1.29 is 19.0 Å². The minimum absolute atomic E-state index is 0.277. The Hall–Kier alpha value is -3.35. The summed E-state index contributed by atoms with van der Waals surface area (Å²) < 4.78 is 15.9. The number of methoxy groups -OCH3 is 1. The fraction of sp³-hybridized carbons (Fsp3) is 0.211. The molecular weight excluding hydrogens is 336 g/mol. The van der Waals surface area contributed by atoms with Crippen LogP contribution in [-0.4, -0.2) is 29.7 Å². The highest BCUT2D eigenvalue weighted by Crippen LogP contribution is 2.25. The summed E-state index contributed by atoms with van der Waals surface area (Å²) in [6.45, 7) is 1.34. The molecule has 2 aromatic carbocycles. The lowest BCUT2D eigenvalue weighted by atomic mass is 10.2. The van der Waals surface area contributed by atoms with Gasteiger partial charge in [0.05, 0.1) is 18.0 Å². The van der Waals surface area contributed by atoms with E-state index in [9.17, 15) is 9.59 Å². The SMILES string of the molecule is COc1ccccc1OCC(=O)O[C@@H](C)c1nc2ccccc2c(=O)[nH]1. The molecule has 0 saturated heterocycles. The Bertz CT molecular complexity index is 983. The second kappa shape index (κ2) is 7.69. The van der Waals surface area contributed by atoms with Gasteiger partial charge in [-0.05, 0) is 31.2 Å². The normalized spacial score (nSPS) is 11.8. The number of hydrogen-bond acceptors (Lipinski definition) is 6. The summed E-state index contributed by atoms with van der Waals surface area (Å²) in [4.78, 5) is 31.1. The molecule has 134 valence electrons. The second-order valence-electron chi connectivity index (χ2n) is 5.54. The molecule has 0 bridgehead atoms. The molecule has 0 aliphatic rings. The van der Waals surface area contributed by atoms with E-state index in [0.29, 0.717) is 22.4 Å². The molecule has 0 fully saturated rings. The van der Waals surface area contributed by atoms with Crippen LogP contribution < -0.4 is 15.0 Å². The number of carbonyl (C=O) groups is 1. The van der Waals surface area contributed by atoms with E-state index in [1.54, 1.807) is 55.5 Å². The molecule has 0 aliphatic heterocycles. The number of aromatic nitrogens is 2. The highest BCUT2D eigenvalue weighted by Gasteiger charge is 2.16. The molecule has 0 radical (unpaired) electrons. The number of H-pyrrole nitrogens is 1. The van der Waals surface area contributed by atoms with Crippen LogP contribution in [0.15, 0.2) is 53.3 Å². The summed E-state index contributed by atoms with van der Waals surface area (Å²) in [6.07, 6.45) is -0.721. The van der Waals surface area contributed by atoms with Crippen LogP contribution in [0.4, 0.5) is 0 Å². The van der Waals surface area contributed by atoms with E-state index in [0.717, 1.165) is 0 Å². The van der Waals surface area contributed by atoms with Crippen LogP contribution in [0.25, 0.3) is 10.9 Å². The van der Waals surface area contributed by atoms with Crippen LogP contribution >= 0.6 is 0 Å². The summed E-state index contributed by atoms with van der Waals surface area (Å²) >= 11 is 0. The van der Waals surface area contributed by atoms with Crippen molar-refractivity contribution in [2.24, 2.45) is 0 Å². The van der Waals surface area contributed by atoms with Gasteiger partial charge in [-0.25, -0.2) is 9.78 Å². The van der Waals surface area contributed by atoms with Crippen molar-refractivity contribution in [2.75, 3.05) is 13.7 Å². The molecule has 0 saturated carbocycles. The fourth-order valence-electron chi connectivity index (χ4n) is 2.46. The second-order valence-corrected chi connectivity index (χ2v) is 5.54. The molecule has 3 aromatic rings. The quantitative estimate of drug-likeness (QED) is 0.684. The smallest absolute Gasteiger partial charge is 0.344 e. The van der Waals surface area contributed by atoms with Gasteiger partial charge in [0.2, 0.25) is 0 Å². The van der Waals surface area contributed by atoms with Crippen molar-refractivity contribution in [2.45, 2.75) is 13.0 Å². The van der Waals surface area contributed by atoms with Crippen LogP contribution in [0.5, 0.6) is 11.5 Å². The number of fused-ring (bicyclic) bond motifs is 1. The molecular formula is C19H18N2O5. The van der Waals surface area contributed by atoms with Crippen LogP contribution in [0.3, 0.4) is 0 Å². The van der Waals surface area contributed by atoms with Crippen molar-refractivity contribution in [3.63, 3.8) is 0 Å². The van der Waals surface area contributed by atoms with Crippen molar-refractivity contribution in [3.8, 4) is 11.5 Å². The first-order chi connectivity index (χ1) is 12.6. The van der Waals surface area contributed by atoms with E-state index in [1.807, 2.05) is 0 Å². The lowest BCUT2D eigenvalue weighted by molar-refractivity contribution is -0.151. The monoisotopic (exact) mass is 354 g/mol. The molecule has 0 aliphatic carbocycles. The van der Waals surface area contributed by atoms with Crippen LogP contribution in [0.2, 0.25) is 0 Å². The first-order valence-electron chi connectivity index (χ1n) is 8.02. The van der Waals surface area contributed by atoms with Crippen molar-refractivity contribution in [1.82, 2.24) is 9.97 Å². The Labute approximate surface area is 149 Å².